The Kier molecular flexibility index (Phi) is 4.65. The summed E-state index contributed by atoms with van der Waals surface area (Å²) in [5.74, 6) is -2.51. The number of carbonyl (C=O) groups excluding carboxylic acids is 3. The number of piperidine rings is 1. The van der Waals surface area contributed by atoms with Crippen molar-refractivity contribution in [1.29, 1.82) is 0 Å². The number of hydrogen-bond donors (Lipinski definition) is 2. The molecule has 3 amide bonds. The SMILES string of the molecule is C=C1CCC(N2C(=O)c3ccc(NS(=O)(=O)c4cccc(F)c4)cc3C2=O)C(=O)N1. The van der Waals surface area contributed by atoms with Gasteiger partial charge in [0, 0.05) is 11.4 Å². The van der Waals surface area contributed by atoms with Gasteiger partial charge in [-0.25, -0.2) is 12.8 Å². The molecule has 8 nitrogen and oxygen atoms in total. The maximum atomic E-state index is 13.4. The van der Waals surface area contributed by atoms with Crippen LogP contribution in [0.25, 0.3) is 0 Å². The van der Waals surface area contributed by atoms with Crippen LogP contribution in [-0.4, -0.2) is 37.1 Å². The summed E-state index contributed by atoms with van der Waals surface area (Å²) in [6.45, 7) is 3.67. The Morgan fingerprint density at radius 3 is 2.50 bits per heavy atom. The zero-order chi connectivity index (χ0) is 21.6. The molecule has 4 rings (SSSR count). The van der Waals surface area contributed by atoms with Crippen LogP contribution in [0.5, 0.6) is 0 Å². The lowest BCUT2D eigenvalue weighted by Gasteiger charge is -2.29. The zero-order valence-electron chi connectivity index (χ0n) is 15.5. The lowest BCUT2D eigenvalue weighted by molar-refractivity contribution is -0.125. The summed E-state index contributed by atoms with van der Waals surface area (Å²) in [4.78, 5) is 38.4. The number of benzene rings is 2. The van der Waals surface area contributed by atoms with Gasteiger partial charge < -0.3 is 5.32 Å². The molecule has 1 unspecified atom stereocenters. The molecule has 2 N–H and O–H groups in total. The highest BCUT2D eigenvalue weighted by Gasteiger charge is 2.44. The summed E-state index contributed by atoms with van der Waals surface area (Å²) in [5.41, 5.74) is 0.604. The van der Waals surface area contributed by atoms with Crippen LogP contribution in [0.2, 0.25) is 0 Å². The van der Waals surface area contributed by atoms with Gasteiger partial charge in [0.25, 0.3) is 21.8 Å². The van der Waals surface area contributed by atoms with E-state index in [0.717, 1.165) is 17.0 Å². The molecule has 10 heteroatoms. The minimum Gasteiger partial charge on any atom is -0.329 e. The number of hydrogen-bond acceptors (Lipinski definition) is 5. The van der Waals surface area contributed by atoms with Gasteiger partial charge in [-0.1, -0.05) is 12.6 Å². The number of nitrogens with zero attached hydrogens (tertiary/aromatic N) is 1. The lowest BCUT2D eigenvalue weighted by Crippen LogP contribution is -2.51. The standard InChI is InChI=1S/C20H16FN3O5S/c1-11-5-8-17(18(25)22-11)24-19(26)15-7-6-13(10-16(15)20(24)27)23-30(28,29)14-4-2-3-12(21)9-14/h2-4,6-7,9-10,17,23H,1,5,8H2,(H,22,25). The molecule has 2 aromatic carbocycles. The lowest BCUT2D eigenvalue weighted by atomic mass is 10.0. The van der Waals surface area contributed by atoms with E-state index in [1.165, 1.54) is 30.3 Å². The normalized spacial score (nSPS) is 19.0. The minimum atomic E-state index is -4.11. The molecule has 0 bridgehead atoms. The highest BCUT2D eigenvalue weighted by atomic mass is 32.2. The van der Waals surface area contributed by atoms with Gasteiger partial charge in [-0.05, 0) is 49.2 Å². The molecule has 1 fully saturated rings. The van der Waals surface area contributed by atoms with Crippen LogP contribution in [0.1, 0.15) is 33.6 Å². The van der Waals surface area contributed by atoms with E-state index in [1.54, 1.807) is 0 Å². The summed E-state index contributed by atoms with van der Waals surface area (Å²) in [7, 11) is -4.11. The van der Waals surface area contributed by atoms with E-state index in [2.05, 4.69) is 16.6 Å². The smallest absolute Gasteiger partial charge is 0.262 e. The Morgan fingerprint density at radius 1 is 1.07 bits per heavy atom. The number of rotatable bonds is 4. The van der Waals surface area contributed by atoms with Gasteiger partial charge in [0.15, 0.2) is 0 Å². The second-order valence-corrected chi connectivity index (χ2v) is 8.63. The first kappa shape index (κ1) is 19.8. The molecule has 0 saturated carbocycles. The maximum absolute atomic E-state index is 13.4. The first-order valence-corrected chi connectivity index (χ1v) is 10.4. The zero-order valence-corrected chi connectivity index (χ0v) is 16.3. The summed E-state index contributed by atoms with van der Waals surface area (Å²) >= 11 is 0. The van der Waals surface area contributed by atoms with Gasteiger partial charge in [0.05, 0.1) is 16.0 Å². The van der Waals surface area contributed by atoms with Gasteiger partial charge in [0.1, 0.15) is 11.9 Å². The summed E-state index contributed by atoms with van der Waals surface area (Å²) in [6.07, 6.45) is 0.692. The van der Waals surface area contributed by atoms with Crippen molar-refractivity contribution in [1.82, 2.24) is 10.2 Å². The van der Waals surface area contributed by atoms with Crippen molar-refractivity contribution in [2.75, 3.05) is 4.72 Å². The number of carbonyl (C=O) groups is 3. The second kappa shape index (κ2) is 7.06. The molecule has 0 radical (unpaired) electrons. The summed E-state index contributed by atoms with van der Waals surface area (Å²) < 4.78 is 40.6. The Balaban J connectivity index is 1.62. The third-order valence-electron chi connectivity index (χ3n) is 4.91. The molecule has 0 spiro atoms. The number of amides is 3. The van der Waals surface area contributed by atoms with Crippen molar-refractivity contribution in [3.63, 3.8) is 0 Å². The Bertz CT molecular complexity index is 1220. The first-order valence-electron chi connectivity index (χ1n) is 8.96. The molecule has 1 saturated heterocycles. The van der Waals surface area contributed by atoms with Crippen LogP contribution in [0.3, 0.4) is 0 Å². The van der Waals surface area contributed by atoms with E-state index in [1.807, 2.05) is 0 Å². The van der Waals surface area contributed by atoms with E-state index in [4.69, 9.17) is 0 Å². The van der Waals surface area contributed by atoms with Gasteiger partial charge in [-0.2, -0.15) is 0 Å². The molecular formula is C20H16FN3O5S. The van der Waals surface area contributed by atoms with Crippen molar-refractivity contribution in [2.45, 2.75) is 23.8 Å². The van der Waals surface area contributed by atoms with Gasteiger partial charge in [-0.15, -0.1) is 0 Å². The van der Waals surface area contributed by atoms with Crippen LogP contribution < -0.4 is 10.0 Å². The fraction of sp³-hybridized carbons (Fsp3) is 0.150. The number of fused-ring (bicyclic) bond motifs is 1. The van der Waals surface area contributed by atoms with Crippen molar-refractivity contribution in [2.24, 2.45) is 0 Å². The maximum Gasteiger partial charge on any atom is 0.262 e. The predicted molar refractivity (Wildman–Crippen MR) is 104 cm³/mol. The molecule has 2 aliphatic rings. The average Bonchev–Trinajstić information content (AvgIpc) is 2.92. The number of imide groups is 1. The van der Waals surface area contributed by atoms with Crippen LogP contribution in [0.15, 0.2) is 59.6 Å². The van der Waals surface area contributed by atoms with E-state index >= 15 is 0 Å². The Labute approximate surface area is 171 Å². The third-order valence-corrected chi connectivity index (χ3v) is 6.29. The quantitative estimate of drug-likeness (QED) is 0.722. The Morgan fingerprint density at radius 2 is 1.80 bits per heavy atom. The minimum absolute atomic E-state index is 0.0170. The van der Waals surface area contributed by atoms with Gasteiger partial charge >= 0.3 is 0 Å². The van der Waals surface area contributed by atoms with Crippen LogP contribution in [0.4, 0.5) is 10.1 Å². The second-order valence-electron chi connectivity index (χ2n) is 6.95. The molecule has 0 aliphatic carbocycles. The molecule has 154 valence electrons. The fourth-order valence-corrected chi connectivity index (χ4v) is 4.54. The summed E-state index contributed by atoms with van der Waals surface area (Å²) in [5, 5.41) is 2.54. The van der Waals surface area contributed by atoms with Crippen molar-refractivity contribution in [3.05, 3.63) is 71.7 Å². The van der Waals surface area contributed by atoms with Gasteiger partial charge in [-0.3, -0.25) is 24.0 Å². The monoisotopic (exact) mass is 429 g/mol. The fourth-order valence-electron chi connectivity index (χ4n) is 3.46. The topological polar surface area (TPSA) is 113 Å². The van der Waals surface area contributed by atoms with Crippen LogP contribution >= 0.6 is 0 Å². The van der Waals surface area contributed by atoms with E-state index in [9.17, 15) is 27.2 Å². The number of halogens is 1. The molecule has 2 aliphatic heterocycles. The third kappa shape index (κ3) is 3.35. The van der Waals surface area contributed by atoms with Crippen LogP contribution in [-0.2, 0) is 14.8 Å². The highest BCUT2D eigenvalue weighted by Crippen LogP contribution is 2.30. The molecule has 1 atom stereocenters. The largest absolute Gasteiger partial charge is 0.329 e. The molecule has 30 heavy (non-hydrogen) atoms. The van der Waals surface area contributed by atoms with Crippen molar-refractivity contribution >= 4 is 33.4 Å². The van der Waals surface area contributed by atoms with E-state index in [-0.39, 0.29) is 28.1 Å². The van der Waals surface area contributed by atoms with Crippen LogP contribution in [0, 0.1) is 5.82 Å². The average molecular weight is 429 g/mol. The Hall–Kier alpha value is -3.53. The number of sulfonamides is 1. The molecular weight excluding hydrogens is 413 g/mol. The number of anilines is 1. The van der Waals surface area contributed by atoms with E-state index in [0.29, 0.717) is 12.1 Å². The van der Waals surface area contributed by atoms with Crippen molar-refractivity contribution < 1.29 is 27.2 Å². The number of allylic oxidation sites excluding steroid dienone is 1. The highest BCUT2D eigenvalue weighted by molar-refractivity contribution is 7.92. The molecule has 2 aromatic rings. The molecule has 0 aromatic heterocycles. The van der Waals surface area contributed by atoms with Crippen molar-refractivity contribution in [3.8, 4) is 0 Å². The summed E-state index contributed by atoms with van der Waals surface area (Å²) in [6, 6.07) is 7.38. The van der Waals surface area contributed by atoms with Gasteiger partial charge in [0.2, 0.25) is 5.91 Å². The molecule has 2 heterocycles. The number of nitrogens with one attached hydrogen (secondary N) is 2. The predicted octanol–water partition coefficient (Wildman–Crippen LogP) is 2.01. The van der Waals surface area contributed by atoms with E-state index < -0.39 is 39.6 Å². The first-order chi connectivity index (χ1) is 14.2.